The Bertz CT molecular complexity index is 764. The predicted molar refractivity (Wildman–Crippen MR) is 115 cm³/mol. The van der Waals surface area contributed by atoms with Gasteiger partial charge in [0.25, 0.3) is 0 Å². The first-order valence-electron chi connectivity index (χ1n) is 10.5. The van der Waals surface area contributed by atoms with E-state index in [1.165, 1.54) is 19.1 Å². The van der Waals surface area contributed by atoms with Crippen LogP contribution in [0.5, 0.6) is 0 Å². The third-order valence-electron chi connectivity index (χ3n) is 5.49. The lowest BCUT2D eigenvalue weighted by atomic mass is 10.0. The molecule has 1 aliphatic rings. The van der Waals surface area contributed by atoms with Crippen molar-refractivity contribution in [3.05, 3.63) is 35.9 Å². The Kier molecular flexibility index (Phi) is 9.45. The lowest BCUT2D eigenvalue weighted by molar-refractivity contribution is -0.147. The Labute approximate surface area is 182 Å². The van der Waals surface area contributed by atoms with Crippen molar-refractivity contribution in [3.8, 4) is 0 Å². The van der Waals surface area contributed by atoms with Crippen LogP contribution in [-0.2, 0) is 30.3 Å². The summed E-state index contributed by atoms with van der Waals surface area (Å²) in [7, 11) is 4.33. The molecule has 1 aromatic rings. The molecule has 0 spiro atoms. The average molecular weight is 433 g/mol. The van der Waals surface area contributed by atoms with E-state index < -0.39 is 24.0 Å². The van der Waals surface area contributed by atoms with Gasteiger partial charge in [0.2, 0.25) is 17.7 Å². The second-order valence-corrected chi connectivity index (χ2v) is 7.60. The maximum absolute atomic E-state index is 13.2. The molecule has 31 heavy (non-hydrogen) atoms. The van der Waals surface area contributed by atoms with Crippen molar-refractivity contribution >= 4 is 23.7 Å². The van der Waals surface area contributed by atoms with Crippen LogP contribution in [0.4, 0.5) is 0 Å². The molecule has 1 saturated heterocycles. The van der Waals surface area contributed by atoms with E-state index in [0.717, 1.165) is 24.9 Å². The molecule has 170 valence electrons. The molecule has 0 bridgehead atoms. The second-order valence-electron chi connectivity index (χ2n) is 7.60. The molecule has 3 N–H and O–H groups in total. The van der Waals surface area contributed by atoms with Crippen molar-refractivity contribution in [2.45, 2.75) is 50.2 Å². The number of nitrogens with one attached hydrogen (secondary N) is 3. The van der Waals surface area contributed by atoms with E-state index in [-0.39, 0.29) is 30.7 Å². The number of rotatable bonds is 10. The SMILES string of the molecule is CNC(=O)CC[C@H](NC(=O)[C@H](Cc1ccccc1)N(C)C(=O)[C@@H]1CCCN1)C(=O)OC. The average Bonchev–Trinajstić information content (AvgIpc) is 3.33. The zero-order valence-electron chi connectivity index (χ0n) is 18.3. The van der Waals surface area contributed by atoms with E-state index in [1.807, 2.05) is 30.3 Å². The van der Waals surface area contributed by atoms with Gasteiger partial charge in [0.05, 0.1) is 13.2 Å². The molecule has 0 radical (unpaired) electrons. The van der Waals surface area contributed by atoms with Gasteiger partial charge in [0.15, 0.2) is 0 Å². The van der Waals surface area contributed by atoms with Gasteiger partial charge in [-0.2, -0.15) is 0 Å². The van der Waals surface area contributed by atoms with Gasteiger partial charge in [0.1, 0.15) is 12.1 Å². The van der Waals surface area contributed by atoms with Crippen LogP contribution in [0.1, 0.15) is 31.2 Å². The number of methoxy groups -OCH3 is 1. The number of likely N-dealkylation sites (N-methyl/N-ethyl adjacent to an activating group) is 1. The lowest BCUT2D eigenvalue weighted by Crippen LogP contribution is -2.55. The van der Waals surface area contributed by atoms with Crippen molar-refractivity contribution in [2.24, 2.45) is 0 Å². The Morgan fingerprint density at radius 1 is 1.23 bits per heavy atom. The standard InChI is InChI=1S/C22H32N4O5/c1-23-19(27)12-11-17(22(30)31-3)25-20(28)18(14-15-8-5-4-6-9-15)26(2)21(29)16-10-7-13-24-16/h4-6,8-9,16-18,24H,7,10-14H2,1-3H3,(H,23,27)(H,25,28)/t16-,17-,18-/m0/s1. The van der Waals surface area contributed by atoms with E-state index in [4.69, 9.17) is 4.74 Å². The van der Waals surface area contributed by atoms with Gasteiger partial charge in [-0.1, -0.05) is 30.3 Å². The number of hydrogen-bond donors (Lipinski definition) is 3. The summed E-state index contributed by atoms with van der Waals surface area (Å²) in [6.07, 6.45) is 2.08. The van der Waals surface area contributed by atoms with Gasteiger partial charge < -0.3 is 25.6 Å². The molecule has 0 aromatic heterocycles. The first kappa shape index (κ1) is 24.3. The molecule has 3 amide bonds. The van der Waals surface area contributed by atoms with Crippen LogP contribution in [0.3, 0.4) is 0 Å². The Morgan fingerprint density at radius 2 is 1.94 bits per heavy atom. The molecule has 3 atom stereocenters. The molecule has 9 nitrogen and oxygen atoms in total. The van der Waals surface area contributed by atoms with E-state index in [9.17, 15) is 19.2 Å². The Hall–Kier alpha value is -2.94. The third kappa shape index (κ3) is 7.06. The molecule has 1 fully saturated rings. The predicted octanol–water partition coefficient (Wildman–Crippen LogP) is -0.00790. The Balaban J connectivity index is 2.19. The molecule has 0 unspecified atom stereocenters. The zero-order valence-corrected chi connectivity index (χ0v) is 18.3. The van der Waals surface area contributed by atoms with Crippen LogP contribution in [-0.4, -0.2) is 74.5 Å². The fraction of sp³-hybridized carbons (Fsp3) is 0.545. The highest BCUT2D eigenvalue weighted by Gasteiger charge is 2.34. The number of esters is 1. The highest BCUT2D eigenvalue weighted by Crippen LogP contribution is 2.14. The molecule has 1 aromatic carbocycles. The minimum absolute atomic E-state index is 0.0562. The third-order valence-corrected chi connectivity index (χ3v) is 5.49. The van der Waals surface area contributed by atoms with Gasteiger partial charge in [-0.05, 0) is 31.4 Å². The van der Waals surface area contributed by atoms with Crippen molar-refractivity contribution in [3.63, 3.8) is 0 Å². The maximum atomic E-state index is 13.2. The molecule has 9 heteroatoms. The molecule has 0 saturated carbocycles. The normalized spacial score (nSPS) is 17.3. The number of nitrogens with zero attached hydrogens (tertiary/aromatic N) is 1. The quantitative estimate of drug-likeness (QED) is 0.448. The molecular formula is C22H32N4O5. The van der Waals surface area contributed by atoms with Crippen LogP contribution >= 0.6 is 0 Å². The fourth-order valence-electron chi connectivity index (χ4n) is 3.60. The summed E-state index contributed by atoms with van der Waals surface area (Å²) in [6.45, 7) is 0.768. The number of carbonyl (C=O) groups is 4. The first-order chi connectivity index (χ1) is 14.9. The summed E-state index contributed by atoms with van der Waals surface area (Å²) < 4.78 is 4.79. The van der Waals surface area contributed by atoms with Crippen LogP contribution in [0.2, 0.25) is 0 Å². The lowest BCUT2D eigenvalue weighted by Gasteiger charge is -2.30. The minimum Gasteiger partial charge on any atom is -0.467 e. The van der Waals surface area contributed by atoms with Crippen molar-refractivity contribution in [2.75, 3.05) is 27.7 Å². The largest absolute Gasteiger partial charge is 0.467 e. The van der Waals surface area contributed by atoms with Crippen LogP contribution in [0.25, 0.3) is 0 Å². The van der Waals surface area contributed by atoms with E-state index >= 15 is 0 Å². The van der Waals surface area contributed by atoms with Crippen molar-refractivity contribution in [1.29, 1.82) is 0 Å². The van der Waals surface area contributed by atoms with Crippen molar-refractivity contribution in [1.82, 2.24) is 20.9 Å². The minimum atomic E-state index is -0.985. The van der Waals surface area contributed by atoms with Crippen molar-refractivity contribution < 1.29 is 23.9 Å². The monoisotopic (exact) mass is 432 g/mol. The number of amides is 3. The summed E-state index contributed by atoms with van der Waals surface area (Å²) in [4.78, 5) is 51.4. The number of carbonyl (C=O) groups excluding carboxylic acids is 4. The van der Waals surface area contributed by atoms with Crippen LogP contribution in [0, 0.1) is 0 Å². The summed E-state index contributed by atoms with van der Waals surface area (Å²) in [5.41, 5.74) is 0.890. The fourth-order valence-corrected chi connectivity index (χ4v) is 3.60. The first-order valence-corrected chi connectivity index (χ1v) is 10.5. The summed E-state index contributed by atoms with van der Waals surface area (Å²) >= 11 is 0. The highest BCUT2D eigenvalue weighted by molar-refractivity contribution is 5.92. The number of hydrogen-bond acceptors (Lipinski definition) is 6. The second kappa shape index (κ2) is 12.0. The van der Waals surface area contributed by atoms with Gasteiger partial charge in [-0.15, -0.1) is 0 Å². The van der Waals surface area contributed by atoms with E-state index in [0.29, 0.717) is 6.42 Å². The van der Waals surface area contributed by atoms with Gasteiger partial charge in [0, 0.05) is 26.9 Å². The topological polar surface area (TPSA) is 117 Å². The molecule has 2 rings (SSSR count). The smallest absolute Gasteiger partial charge is 0.328 e. The molecule has 1 heterocycles. The zero-order chi connectivity index (χ0) is 22.8. The Morgan fingerprint density at radius 3 is 2.52 bits per heavy atom. The molecular weight excluding hydrogens is 400 g/mol. The maximum Gasteiger partial charge on any atom is 0.328 e. The summed E-state index contributed by atoms with van der Waals surface area (Å²) in [5.74, 6) is -1.51. The summed E-state index contributed by atoms with van der Waals surface area (Å²) in [6, 6.07) is 7.26. The van der Waals surface area contributed by atoms with E-state index in [1.54, 1.807) is 7.05 Å². The van der Waals surface area contributed by atoms with Gasteiger partial charge in [-0.25, -0.2) is 4.79 Å². The van der Waals surface area contributed by atoms with Crippen LogP contribution < -0.4 is 16.0 Å². The number of benzene rings is 1. The summed E-state index contributed by atoms with van der Waals surface area (Å²) in [5, 5.41) is 8.33. The molecule has 1 aliphatic heterocycles. The van der Waals surface area contributed by atoms with Crippen LogP contribution in [0.15, 0.2) is 30.3 Å². The van der Waals surface area contributed by atoms with E-state index in [2.05, 4.69) is 16.0 Å². The van der Waals surface area contributed by atoms with Gasteiger partial charge in [-0.3, -0.25) is 14.4 Å². The van der Waals surface area contributed by atoms with Gasteiger partial charge >= 0.3 is 5.97 Å². The molecule has 0 aliphatic carbocycles. The number of ether oxygens (including phenoxy) is 1. The highest BCUT2D eigenvalue weighted by atomic mass is 16.5.